The number of carbonyl (C=O) groups excluding carboxylic acids is 2. The van der Waals surface area contributed by atoms with Crippen LogP contribution in [0.2, 0.25) is 0 Å². The average molecular weight is 464 g/mol. The van der Waals surface area contributed by atoms with E-state index in [1.165, 1.54) is 28.9 Å². The number of imide groups is 1. The maximum Gasteiger partial charge on any atom is 0.490 e. The quantitative estimate of drug-likeness (QED) is 0.511. The molecule has 2 N–H and O–H groups in total. The number of amides is 2. The summed E-state index contributed by atoms with van der Waals surface area (Å²) >= 11 is 1.33. The van der Waals surface area contributed by atoms with Gasteiger partial charge in [0.1, 0.15) is 0 Å². The summed E-state index contributed by atoms with van der Waals surface area (Å²) in [6, 6.07) is 3.35. The van der Waals surface area contributed by atoms with E-state index in [0.29, 0.717) is 15.7 Å². The number of carbonyl (C=O) groups is 2. The van der Waals surface area contributed by atoms with Crippen molar-refractivity contribution in [1.82, 2.24) is 9.88 Å². The molecule has 2 aromatic heterocycles. The van der Waals surface area contributed by atoms with Gasteiger partial charge in [0.15, 0.2) is 0 Å². The van der Waals surface area contributed by atoms with Crippen LogP contribution in [0.3, 0.4) is 0 Å². The van der Waals surface area contributed by atoms with Crippen LogP contribution in [0.4, 0.5) is 0 Å². The van der Waals surface area contributed by atoms with Crippen molar-refractivity contribution in [3.05, 3.63) is 23.2 Å². The normalized spacial score (nSPS) is 19.2. The molecule has 1 aliphatic heterocycles. The lowest BCUT2D eigenvalue weighted by molar-refractivity contribution is -0.143. The number of fused-ring (bicyclic) bond motifs is 2. The van der Waals surface area contributed by atoms with E-state index in [-0.39, 0.29) is 35.6 Å². The first-order valence-electron chi connectivity index (χ1n) is 11.8. The molecule has 0 aromatic carbocycles. The molecule has 2 unspecified atom stereocenters. The van der Waals surface area contributed by atoms with Crippen LogP contribution in [0.25, 0.3) is 10.2 Å². The lowest BCUT2D eigenvalue weighted by Crippen LogP contribution is -2.35. The highest BCUT2D eigenvalue weighted by atomic mass is 32.1. The first kappa shape index (κ1) is 30.2. The Morgan fingerprint density at radius 1 is 1.03 bits per heavy atom. The maximum absolute atomic E-state index is 12.4. The summed E-state index contributed by atoms with van der Waals surface area (Å²) in [6.07, 6.45) is 2.76. The molecule has 2 fully saturated rings. The summed E-state index contributed by atoms with van der Waals surface area (Å²) in [6.45, 7) is 20.4. The molecule has 2 atom stereocenters. The van der Waals surface area contributed by atoms with Gasteiger partial charge in [-0.25, -0.2) is 0 Å². The first-order chi connectivity index (χ1) is 15.2. The van der Waals surface area contributed by atoms with E-state index >= 15 is 0 Å². The van der Waals surface area contributed by atoms with Crippen molar-refractivity contribution in [1.29, 1.82) is 0 Å². The molecule has 2 amide bonds. The Labute approximate surface area is 198 Å². The number of likely N-dealkylation sites (tertiary alicyclic amines) is 1. The molecule has 1 saturated carbocycles. The van der Waals surface area contributed by atoms with Gasteiger partial charge in [0.05, 0.1) is 28.6 Å². The summed E-state index contributed by atoms with van der Waals surface area (Å²) < 4.78 is 0.669. The zero-order valence-corrected chi connectivity index (χ0v) is 22.2. The second-order valence-electron chi connectivity index (χ2n) is 7.45. The standard InChI is InChI=1S/C15H15BN2O4S.C3H8.3C2H6/c1-15(2)10-11(15)14(20)18(13(10)19)6-7-5-9-12(23-7)8(16(21)22)3-4-17-9;1-3-2;3*1-2/h3-5,10-11,21-22H,6H2,1-2H3;3H2,1-2H3;3*1-2H3. The van der Waals surface area contributed by atoms with Gasteiger partial charge in [0, 0.05) is 16.5 Å². The van der Waals surface area contributed by atoms with Crippen molar-refractivity contribution < 1.29 is 19.6 Å². The van der Waals surface area contributed by atoms with E-state index in [4.69, 9.17) is 0 Å². The first-order valence-corrected chi connectivity index (χ1v) is 12.6. The van der Waals surface area contributed by atoms with E-state index in [2.05, 4.69) is 18.8 Å². The Morgan fingerprint density at radius 3 is 1.94 bits per heavy atom. The van der Waals surface area contributed by atoms with Crippen molar-refractivity contribution in [3.63, 3.8) is 0 Å². The van der Waals surface area contributed by atoms with Gasteiger partial charge < -0.3 is 10.0 Å². The molecular formula is C24H41BN2O4S. The van der Waals surface area contributed by atoms with Gasteiger partial charge in [-0.3, -0.25) is 19.5 Å². The van der Waals surface area contributed by atoms with Crippen LogP contribution >= 0.6 is 11.3 Å². The monoisotopic (exact) mass is 464 g/mol. The van der Waals surface area contributed by atoms with Crippen molar-refractivity contribution in [2.24, 2.45) is 17.3 Å². The molecule has 1 saturated heterocycles. The van der Waals surface area contributed by atoms with E-state index in [0.717, 1.165) is 4.88 Å². The van der Waals surface area contributed by atoms with Crippen molar-refractivity contribution in [2.45, 2.75) is 82.2 Å². The molecule has 4 rings (SSSR count). The number of aromatic nitrogens is 1. The lowest BCUT2D eigenvalue weighted by atomic mass is 9.81. The number of nitrogens with zero attached hydrogens (tertiary/aromatic N) is 2. The van der Waals surface area contributed by atoms with Gasteiger partial charge >= 0.3 is 7.12 Å². The number of hydrogen-bond donors (Lipinski definition) is 2. The van der Waals surface area contributed by atoms with Crippen LogP contribution < -0.4 is 5.46 Å². The summed E-state index contributed by atoms with van der Waals surface area (Å²) in [5.74, 6) is -0.565. The van der Waals surface area contributed by atoms with Gasteiger partial charge in [-0.2, -0.15) is 0 Å². The molecule has 1 aliphatic carbocycles. The van der Waals surface area contributed by atoms with Crippen LogP contribution in [0.5, 0.6) is 0 Å². The predicted molar refractivity (Wildman–Crippen MR) is 136 cm³/mol. The van der Waals surface area contributed by atoms with Crippen LogP contribution in [-0.4, -0.2) is 38.9 Å². The highest BCUT2D eigenvalue weighted by molar-refractivity contribution is 7.20. The minimum absolute atomic E-state index is 0.0992. The Morgan fingerprint density at radius 2 is 1.50 bits per heavy atom. The number of hydrogen-bond acceptors (Lipinski definition) is 6. The van der Waals surface area contributed by atoms with Gasteiger partial charge in [0.2, 0.25) is 11.8 Å². The third-order valence-corrected chi connectivity index (χ3v) is 6.14. The van der Waals surface area contributed by atoms with Crippen molar-refractivity contribution in [3.8, 4) is 0 Å². The zero-order chi connectivity index (χ0) is 25.2. The second-order valence-corrected chi connectivity index (χ2v) is 8.58. The highest BCUT2D eigenvalue weighted by Gasteiger charge is 2.72. The fourth-order valence-electron chi connectivity index (χ4n) is 3.60. The van der Waals surface area contributed by atoms with E-state index < -0.39 is 7.12 Å². The highest BCUT2D eigenvalue weighted by Crippen LogP contribution is 2.63. The molecule has 32 heavy (non-hydrogen) atoms. The molecule has 180 valence electrons. The smallest absolute Gasteiger partial charge is 0.423 e. The minimum Gasteiger partial charge on any atom is -0.423 e. The summed E-state index contributed by atoms with van der Waals surface area (Å²) in [5.41, 5.74) is 0.815. The number of pyridine rings is 1. The number of thiophene rings is 1. The van der Waals surface area contributed by atoms with Crippen molar-refractivity contribution >= 4 is 45.9 Å². The molecule has 3 heterocycles. The molecule has 0 radical (unpaired) electrons. The van der Waals surface area contributed by atoms with Crippen LogP contribution in [0, 0.1) is 17.3 Å². The Kier molecular flexibility index (Phi) is 13.0. The van der Waals surface area contributed by atoms with Crippen LogP contribution in [0.15, 0.2) is 18.3 Å². The fourth-order valence-corrected chi connectivity index (χ4v) is 4.74. The maximum atomic E-state index is 12.4. The second kappa shape index (κ2) is 13.7. The Bertz CT molecular complexity index is 843. The third-order valence-electron chi connectivity index (χ3n) is 4.98. The summed E-state index contributed by atoms with van der Waals surface area (Å²) in [4.78, 5) is 31.1. The van der Waals surface area contributed by atoms with Crippen LogP contribution in [-0.2, 0) is 16.1 Å². The van der Waals surface area contributed by atoms with Gasteiger partial charge in [0.25, 0.3) is 0 Å². The SMILES string of the molecule is CC.CC.CC.CC1(C)C2C(=O)N(Cc3cc4nccc(B(O)O)c4s3)C(=O)C21.CCC. The molecule has 0 bridgehead atoms. The third kappa shape index (κ3) is 6.18. The molecule has 0 spiro atoms. The largest absolute Gasteiger partial charge is 0.490 e. The Hall–Kier alpha value is -1.77. The van der Waals surface area contributed by atoms with Crippen LogP contribution in [0.1, 0.15) is 80.5 Å². The van der Waals surface area contributed by atoms with Gasteiger partial charge in [-0.15, -0.1) is 11.3 Å². The molecule has 2 aromatic rings. The van der Waals surface area contributed by atoms with Crippen molar-refractivity contribution in [2.75, 3.05) is 0 Å². The molecular weight excluding hydrogens is 423 g/mol. The molecule has 6 nitrogen and oxygen atoms in total. The van der Waals surface area contributed by atoms with E-state index in [9.17, 15) is 19.6 Å². The summed E-state index contributed by atoms with van der Waals surface area (Å²) in [7, 11) is -1.57. The molecule has 8 heteroatoms. The number of piperidine rings is 1. The molecule has 2 aliphatic rings. The van der Waals surface area contributed by atoms with E-state index in [1.807, 2.05) is 55.4 Å². The van der Waals surface area contributed by atoms with E-state index in [1.54, 1.807) is 12.1 Å². The fraction of sp³-hybridized carbons (Fsp3) is 0.625. The van der Waals surface area contributed by atoms with Gasteiger partial charge in [-0.05, 0) is 17.5 Å². The Balaban J connectivity index is 0.000000948. The minimum atomic E-state index is -1.57. The van der Waals surface area contributed by atoms with Gasteiger partial charge in [-0.1, -0.05) is 75.7 Å². The lowest BCUT2D eigenvalue weighted by Gasteiger charge is -2.19. The topological polar surface area (TPSA) is 90.7 Å². The zero-order valence-electron chi connectivity index (χ0n) is 21.4. The summed E-state index contributed by atoms with van der Waals surface area (Å²) in [5, 5.41) is 18.8. The predicted octanol–water partition coefficient (Wildman–Crippen LogP) is 4.61. The average Bonchev–Trinajstić information content (AvgIpc) is 3.04. The number of rotatable bonds is 3.